The molecule has 0 saturated heterocycles. The number of esters is 3. The van der Waals surface area contributed by atoms with Gasteiger partial charge in [0.15, 0.2) is 0 Å². The molecule has 0 radical (unpaired) electrons. The molecule has 0 heterocycles. The van der Waals surface area contributed by atoms with E-state index in [1.54, 1.807) is 6.07 Å². The van der Waals surface area contributed by atoms with Gasteiger partial charge in [0.1, 0.15) is 24.7 Å². The summed E-state index contributed by atoms with van der Waals surface area (Å²) in [5.74, 6) is -2.74. The second kappa shape index (κ2) is 10.4. The molecule has 0 aliphatic heterocycles. The summed E-state index contributed by atoms with van der Waals surface area (Å²) >= 11 is 1.90. The van der Waals surface area contributed by atoms with Crippen LogP contribution in [-0.4, -0.2) is 49.8 Å². The molecule has 1 N–H and O–H groups in total. The molecule has 0 saturated carbocycles. The summed E-state index contributed by atoms with van der Waals surface area (Å²) in [7, 11) is -4.22. The van der Waals surface area contributed by atoms with Crippen LogP contribution in [0.15, 0.2) is 30.4 Å². The number of carbonyl (C=O) groups excluding carboxylic acids is 3. The van der Waals surface area contributed by atoms with E-state index in [4.69, 9.17) is 14.0 Å². The first-order valence-electron chi connectivity index (χ1n) is 7.44. The largest absolute Gasteiger partial charge is 0.464 e. The van der Waals surface area contributed by atoms with E-state index in [9.17, 15) is 22.8 Å². The molecule has 0 atom stereocenters. The highest BCUT2D eigenvalue weighted by molar-refractivity contribution is 14.1. The van der Waals surface area contributed by atoms with Crippen molar-refractivity contribution in [1.82, 2.24) is 0 Å². The normalized spacial score (nSPS) is 10.8. The Hall–Kier alpha value is -1.99. The minimum Gasteiger partial charge on any atom is -0.464 e. The fourth-order valence-corrected chi connectivity index (χ4v) is 2.41. The summed E-state index contributed by atoms with van der Waals surface area (Å²) in [5.41, 5.74) is 0.340. The van der Waals surface area contributed by atoms with Gasteiger partial charge in [-0.3, -0.25) is 9.35 Å². The van der Waals surface area contributed by atoms with Crippen molar-refractivity contribution in [2.24, 2.45) is 0 Å². The van der Waals surface area contributed by atoms with Crippen molar-refractivity contribution in [2.75, 3.05) is 19.0 Å². The number of ether oxygens (including phenoxy) is 3. The minimum absolute atomic E-state index is 0.139. The number of halogens is 1. The summed E-state index contributed by atoms with van der Waals surface area (Å²) < 4.78 is 44.6. The molecule has 1 rings (SSSR count). The molecule has 0 unspecified atom stereocenters. The molecule has 1 aromatic carbocycles. The fraction of sp³-hybridized carbons (Fsp3) is 0.312. The Labute approximate surface area is 169 Å². The molecule has 0 bridgehead atoms. The van der Waals surface area contributed by atoms with Gasteiger partial charge in [-0.2, -0.15) is 8.42 Å². The van der Waals surface area contributed by atoms with Crippen LogP contribution < -0.4 is 4.74 Å². The Kier molecular flexibility index (Phi) is 8.85. The SMILES string of the molecule is C=C(C)C(=O)Oc1ccc(I)c(C(=O)OCCC(=O)OCCS(=O)(=O)O)c1. The first-order valence-corrected chi connectivity index (χ1v) is 10.1. The topological polar surface area (TPSA) is 133 Å². The minimum atomic E-state index is -4.22. The summed E-state index contributed by atoms with van der Waals surface area (Å²) in [6.45, 7) is 4.15. The van der Waals surface area contributed by atoms with Crippen LogP contribution in [0.5, 0.6) is 5.75 Å². The van der Waals surface area contributed by atoms with Crippen LogP contribution in [0.4, 0.5) is 0 Å². The van der Waals surface area contributed by atoms with Gasteiger partial charge in [0, 0.05) is 9.14 Å². The van der Waals surface area contributed by atoms with E-state index in [1.165, 1.54) is 19.1 Å². The molecule has 27 heavy (non-hydrogen) atoms. The smallest absolute Gasteiger partial charge is 0.339 e. The van der Waals surface area contributed by atoms with Crippen molar-refractivity contribution in [3.63, 3.8) is 0 Å². The predicted octanol–water partition coefficient (Wildman–Crippen LogP) is 1.75. The molecular formula is C16H17IO9S. The van der Waals surface area contributed by atoms with Gasteiger partial charge in [-0.25, -0.2) is 9.59 Å². The van der Waals surface area contributed by atoms with Crippen molar-refractivity contribution < 1.29 is 41.6 Å². The van der Waals surface area contributed by atoms with Gasteiger partial charge in [0.05, 0.1) is 12.0 Å². The molecule has 11 heteroatoms. The van der Waals surface area contributed by atoms with Gasteiger partial charge in [0.25, 0.3) is 10.1 Å². The maximum atomic E-state index is 12.1. The highest BCUT2D eigenvalue weighted by Crippen LogP contribution is 2.21. The number of rotatable bonds is 9. The molecule has 148 valence electrons. The Morgan fingerprint density at radius 3 is 2.44 bits per heavy atom. The average molecular weight is 512 g/mol. The van der Waals surface area contributed by atoms with E-state index in [1.807, 2.05) is 22.6 Å². The van der Waals surface area contributed by atoms with Crippen LogP contribution >= 0.6 is 22.6 Å². The predicted molar refractivity (Wildman–Crippen MR) is 102 cm³/mol. The van der Waals surface area contributed by atoms with Crippen molar-refractivity contribution in [1.29, 1.82) is 0 Å². The maximum Gasteiger partial charge on any atom is 0.339 e. The molecule has 0 aliphatic carbocycles. The lowest BCUT2D eigenvalue weighted by atomic mass is 10.2. The zero-order chi connectivity index (χ0) is 20.6. The monoisotopic (exact) mass is 512 g/mol. The van der Waals surface area contributed by atoms with Gasteiger partial charge in [0.2, 0.25) is 0 Å². The average Bonchev–Trinajstić information content (AvgIpc) is 2.55. The summed E-state index contributed by atoms with van der Waals surface area (Å²) in [6, 6.07) is 4.39. The molecular weight excluding hydrogens is 495 g/mol. The van der Waals surface area contributed by atoms with Crippen molar-refractivity contribution >= 4 is 50.6 Å². The highest BCUT2D eigenvalue weighted by Gasteiger charge is 2.16. The first-order chi connectivity index (χ1) is 12.5. The van der Waals surface area contributed by atoms with Gasteiger partial charge in [-0.15, -0.1) is 0 Å². The van der Waals surface area contributed by atoms with Crippen molar-refractivity contribution in [3.05, 3.63) is 39.5 Å². The van der Waals surface area contributed by atoms with Crippen molar-refractivity contribution in [2.45, 2.75) is 13.3 Å². The summed E-state index contributed by atoms with van der Waals surface area (Å²) in [4.78, 5) is 35.0. The van der Waals surface area contributed by atoms with Crippen LogP contribution in [-0.2, 0) is 29.2 Å². The van der Waals surface area contributed by atoms with Gasteiger partial charge < -0.3 is 14.2 Å². The molecule has 0 spiro atoms. The molecule has 9 nitrogen and oxygen atoms in total. The molecule has 1 aromatic rings. The summed E-state index contributed by atoms with van der Waals surface area (Å²) in [6.07, 6.45) is -0.294. The Balaban J connectivity index is 2.55. The van der Waals surface area contributed by atoms with E-state index < -0.39 is 40.4 Å². The van der Waals surface area contributed by atoms with Gasteiger partial charge in [-0.1, -0.05) is 6.58 Å². The van der Waals surface area contributed by atoms with E-state index >= 15 is 0 Å². The third-order valence-electron chi connectivity index (χ3n) is 2.86. The number of hydrogen-bond donors (Lipinski definition) is 1. The van der Waals surface area contributed by atoms with Crippen LogP contribution in [0.1, 0.15) is 23.7 Å². The number of benzene rings is 1. The first kappa shape index (κ1) is 23.0. The lowest BCUT2D eigenvalue weighted by molar-refractivity contribution is -0.143. The van der Waals surface area contributed by atoms with Crippen LogP contribution in [0, 0.1) is 3.57 Å². The van der Waals surface area contributed by atoms with Crippen LogP contribution in [0.25, 0.3) is 0 Å². The highest BCUT2D eigenvalue weighted by atomic mass is 127. The fourth-order valence-electron chi connectivity index (χ4n) is 1.56. The zero-order valence-corrected chi connectivity index (χ0v) is 17.2. The van der Waals surface area contributed by atoms with Gasteiger partial charge >= 0.3 is 17.9 Å². The van der Waals surface area contributed by atoms with E-state index in [-0.39, 0.29) is 29.9 Å². The Morgan fingerprint density at radius 1 is 1.19 bits per heavy atom. The Bertz CT molecular complexity index is 845. The third kappa shape index (κ3) is 8.97. The second-order valence-corrected chi connectivity index (χ2v) is 7.94. The number of carbonyl (C=O) groups is 3. The summed E-state index contributed by atoms with van der Waals surface area (Å²) in [5, 5.41) is 0. The van der Waals surface area contributed by atoms with E-state index in [0.29, 0.717) is 3.57 Å². The zero-order valence-electron chi connectivity index (χ0n) is 14.3. The maximum absolute atomic E-state index is 12.1. The van der Waals surface area contributed by atoms with Crippen LogP contribution in [0.2, 0.25) is 0 Å². The molecule has 0 fully saturated rings. The number of hydrogen-bond acceptors (Lipinski definition) is 8. The lowest BCUT2D eigenvalue weighted by Gasteiger charge is -2.09. The van der Waals surface area contributed by atoms with E-state index in [0.717, 1.165) is 0 Å². The van der Waals surface area contributed by atoms with E-state index in [2.05, 4.69) is 11.3 Å². The molecule has 0 amide bonds. The molecule has 0 aromatic heterocycles. The standard InChI is InChI=1S/C16H17IO9S/c1-10(2)15(19)26-11-3-4-13(17)12(9-11)16(20)25-6-5-14(18)24-7-8-27(21,22)23/h3-4,9H,1,5-8H2,2H3,(H,21,22,23). The quantitative estimate of drug-likeness (QED) is 0.173. The van der Waals surface area contributed by atoms with Gasteiger partial charge in [-0.05, 0) is 47.7 Å². The lowest BCUT2D eigenvalue weighted by Crippen LogP contribution is -2.17. The second-order valence-electron chi connectivity index (χ2n) is 5.20. The van der Waals surface area contributed by atoms with Crippen molar-refractivity contribution in [3.8, 4) is 5.75 Å². The Morgan fingerprint density at radius 2 is 1.85 bits per heavy atom. The molecule has 0 aliphatic rings. The third-order valence-corrected chi connectivity index (χ3v) is 4.48. The van der Waals surface area contributed by atoms with Crippen LogP contribution in [0.3, 0.4) is 0 Å².